The molecule has 1 N–H and O–H groups in total. The van der Waals surface area contributed by atoms with Crippen molar-refractivity contribution in [2.24, 2.45) is 0 Å². The summed E-state index contributed by atoms with van der Waals surface area (Å²) >= 11 is 0. The van der Waals surface area contributed by atoms with Gasteiger partial charge in [0.2, 0.25) is 0 Å². The Morgan fingerprint density at radius 2 is 1.31 bits per heavy atom. The van der Waals surface area contributed by atoms with E-state index in [0.29, 0.717) is 32.7 Å². The second-order valence-corrected chi connectivity index (χ2v) is 22.1. The maximum Gasteiger partial charge on any atom is 0.261 e. The predicted molar refractivity (Wildman–Crippen MR) is 193 cm³/mol. The Kier molecular flexibility index (Phi) is 13.8. The second kappa shape index (κ2) is 16.9. The van der Waals surface area contributed by atoms with Gasteiger partial charge < -0.3 is 23.4 Å². The molecule has 3 aromatic carbocycles. The monoisotopic (exact) mass is 648 g/mol. The van der Waals surface area contributed by atoms with Crippen molar-refractivity contribution in [1.82, 2.24) is 0 Å². The van der Waals surface area contributed by atoms with Crippen molar-refractivity contribution in [3.8, 4) is 5.75 Å². The van der Waals surface area contributed by atoms with Crippen LogP contribution in [0.15, 0.2) is 97.6 Å². The summed E-state index contributed by atoms with van der Waals surface area (Å²) in [6.07, 6.45) is 2.04. The van der Waals surface area contributed by atoms with Crippen LogP contribution in [0.1, 0.15) is 59.9 Å². The Balaban J connectivity index is 1.89. The van der Waals surface area contributed by atoms with Gasteiger partial charge >= 0.3 is 0 Å². The molecular weight excluding hydrogens is 593 g/mol. The molecule has 0 fully saturated rings. The van der Waals surface area contributed by atoms with E-state index in [1.807, 2.05) is 36.4 Å². The molecule has 0 amide bonds. The van der Waals surface area contributed by atoms with Crippen LogP contribution in [0.4, 0.5) is 0 Å². The predicted octanol–water partition coefficient (Wildman–Crippen LogP) is 7.88. The van der Waals surface area contributed by atoms with E-state index in [4.69, 9.17) is 18.3 Å². The molecule has 0 saturated carbocycles. The molecule has 0 saturated heterocycles. The van der Waals surface area contributed by atoms with E-state index < -0.39 is 28.3 Å². The van der Waals surface area contributed by atoms with Crippen molar-refractivity contribution < 1.29 is 23.4 Å². The lowest BCUT2D eigenvalue weighted by Crippen LogP contribution is -2.66. The quantitative estimate of drug-likeness (QED) is 0.106. The third-order valence-electron chi connectivity index (χ3n) is 9.48. The highest BCUT2D eigenvalue weighted by Crippen LogP contribution is 2.37. The molecule has 3 rings (SSSR count). The zero-order chi connectivity index (χ0) is 33.0. The molecule has 0 aliphatic rings. The van der Waals surface area contributed by atoms with Gasteiger partial charge in [-0.3, -0.25) is 0 Å². The fourth-order valence-electron chi connectivity index (χ4n) is 6.36. The Labute approximate surface area is 274 Å². The summed E-state index contributed by atoms with van der Waals surface area (Å²) in [5.74, 6) is 0.798. The van der Waals surface area contributed by atoms with Crippen molar-refractivity contribution >= 4 is 27.0 Å². The largest absolute Gasteiger partial charge is 0.497 e. The van der Waals surface area contributed by atoms with E-state index in [-0.39, 0.29) is 5.04 Å². The summed E-state index contributed by atoms with van der Waals surface area (Å²) in [7, 11) is -2.89. The Morgan fingerprint density at radius 3 is 1.76 bits per heavy atom. The maximum atomic E-state index is 12.2. The van der Waals surface area contributed by atoms with Gasteiger partial charge in [0, 0.05) is 19.6 Å². The topological polar surface area (TPSA) is 57.2 Å². The van der Waals surface area contributed by atoms with E-state index in [9.17, 15) is 5.11 Å². The average Bonchev–Trinajstić information content (AvgIpc) is 3.07. The van der Waals surface area contributed by atoms with Gasteiger partial charge in [-0.25, -0.2) is 0 Å². The van der Waals surface area contributed by atoms with Crippen molar-refractivity contribution in [2.75, 3.05) is 20.3 Å². The summed E-state index contributed by atoms with van der Waals surface area (Å²) in [5.41, 5.74) is -0.299. The van der Waals surface area contributed by atoms with E-state index in [2.05, 4.69) is 96.7 Å². The minimum absolute atomic E-state index is 0.158. The lowest BCUT2D eigenvalue weighted by Gasteiger charge is -2.44. The molecule has 0 unspecified atom stereocenters. The molecule has 0 radical (unpaired) electrons. The summed E-state index contributed by atoms with van der Waals surface area (Å²) < 4.78 is 25.6. The molecule has 7 heteroatoms. The van der Waals surface area contributed by atoms with E-state index in [1.165, 1.54) is 10.4 Å². The minimum atomic E-state index is -2.76. The van der Waals surface area contributed by atoms with Crippen LogP contribution >= 0.6 is 0 Å². The highest BCUT2D eigenvalue weighted by Gasteiger charge is 2.50. The minimum Gasteiger partial charge on any atom is -0.497 e. The van der Waals surface area contributed by atoms with Crippen LogP contribution < -0.4 is 15.1 Å². The van der Waals surface area contributed by atoms with Crippen LogP contribution in [0.5, 0.6) is 5.75 Å². The van der Waals surface area contributed by atoms with Gasteiger partial charge in [0.25, 0.3) is 8.32 Å². The first-order chi connectivity index (χ1) is 21.5. The standard InChI is InChI=1S/C38H56O5Si2/c1-9-38(39,28-30-43-45(37(5,6)7,34-19-15-13-16-20-34)35-21-17-14-18-22-35)36(27-29-42-44(10-2,11-3)12-4)41-31-32-23-25-33(40-8)26-24-32/h9,13-26,36,39H,1,10-12,27-31H2,2-8H3/t36-,38+/m1/s1. The number of aliphatic hydroxyl groups is 1. The lowest BCUT2D eigenvalue weighted by atomic mass is 9.91. The lowest BCUT2D eigenvalue weighted by molar-refractivity contribution is -0.103. The molecular formula is C38H56O5Si2. The van der Waals surface area contributed by atoms with Crippen molar-refractivity contribution in [2.45, 2.75) is 95.9 Å². The number of ether oxygens (including phenoxy) is 2. The zero-order valence-electron chi connectivity index (χ0n) is 28.7. The molecule has 0 aromatic heterocycles. The number of benzene rings is 3. The van der Waals surface area contributed by atoms with Crippen LogP contribution in [0.3, 0.4) is 0 Å². The molecule has 2 atom stereocenters. The van der Waals surface area contributed by atoms with Gasteiger partial charge in [-0.2, -0.15) is 0 Å². The summed E-state index contributed by atoms with van der Waals surface area (Å²) in [6.45, 7) is 18.9. The van der Waals surface area contributed by atoms with Gasteiger partial charge in [-0.05, 0) is 57.7 Å². The number of hydrogen-bond acceptors (Lipinski definition) is 5. The Hall–Kier alpha value is -2.53. The zero-order valence-corrected chi connectivity index (χ0v) is 30.7. The summed E-state index contributed by atoms with van der Waals surface area (Å²) in [6, 6.07) is 32.3. The number of methoxy groups -OCH3 is 1. The molecule has 0 bridgehead atoms. The fourth-order valence-corrected chi connectivity index (χ4v) is 13.6. The van der Waals surface area contributed by atoms with Crippen molar-refractivity contribution in [3.05, 3.63) is 103 Å². The smallest absolute Gasteiger partial charge is 0.261 e. The Bertz CT molecular complexity index is 1230. The molecule has 0 spiro atoms. The SMILES string of the molecule is C=C[C@](O)(CCO[Si](c1ccccc1)(c1ccccc1)C(C)(C)C)[C@@H](CCO[Si](CC)(CC)CC)OCc1ccc(OC)cc1. The van der Waals surface area contributed by atoms with Crippen molar-refractivity contribution in [1.29, 1.82) is 0 Å². The fraction of sp³-hybridized carbons (Fsp3) is 0.474. The summed E-state index contributed by atoms with van der Waals surface area (Å²) in [5, 5.41) is 14.5. The third-order valence-corrected chi connectivity index (χ3v) is 19.2. The number of hydrogen-bond donors (Lipinski definition) is 1. The normalized spacial score (nSPS) is 14.5. The first-order valence-electron chi connectivity index (χ1n) is 16.5. The summed E-state index contributed by atoms with van der Waals surface area (Å²) in [4.78, 5) is 0. The van der Waals surface area contributed by atoms with E-state index in [0.717, 1.165) is 29.4 Å². The number of rotatable bonds is 19. The van der Waals surface area contributed by atoms with Gasteiger partial charge in [0.05, 0.1) is 19.8 Å². The molecule has 3 aromatic rings. The molecule has 5 nitrogen and oxygen atoms in total. The van der Waals surface area contributed by atoms with Crippen LogP contribution in [-0.4, -0.2) is 53.8 Å². The average molecular weight is 649 g/mol. The van der Waals surface area contributed by atoms with E-state index in [1.54, 1.807) is 13.2 Å². The van der Waals surface area contributed by atoms with Gasteiger partial charge in [-0.15, -0.1) is 6.58 Å². The first-order valence-corrected chi connectivity index (χ1v) is 21.0. The third kappa shape index (κ3) is 9.06. The van der Waals surface area contributed by atoms with Gasteiger partial charge in [-0.1, -0.05) is 120 Å². The van der Waals surface area contributed by atoms with Crippen LogP contribution in [0.25, 0.3) is 0 Å². The van der Waals surface area contributed by atoms with E-state index >= 15 is 0 Å². The van der Waals surface area contributed by atoms with Crippen LogP contribution in [0.2, 0.25) is 23.2 Å². The van der Waals surface area contributed by atoms with Crippen LogP contribution in [0, 0.1) is 0 Å². The molecule has 0 heterocycles. The molecule has 0 aliphatic carbocycles. The molecule has 0 aliphatic heterocycles. The maximum absolute atomic E-state index is 12.2. The second-order valence-electron chi connectivity index (χ2n) is 13.0. The Morgan fingerprint density at radius 1 is 0.778 bits per heavy atom. The molecule has 246 valence electrons. The highest BCUT2D eigenvalue weighted by atomic mass is 28.4. The molecule has 45 heavy (non-hydrogen) atoms. The van der Waals surface area contributed by atoms with Crippen LogP contribution in [-0.2, 0) is 20.2 Å². The van der Waals surface area contributed by atoms with Crippen molar-refractivity contribution in [3.63, 3.8) is 0 Å². The van der Waals surface area contributed by atoms with Gasteiger partial charge in [0.15, 0.2) is 8.32 Å². The highest BCUT2D eigenvalue weighted by molar-refractivity contribution is 6.99. The first kappa shape index (κ1) is 36.9. The van der Waals surface area contributed by atoms with Gasteiger partial charge in [0.1, 0.15) is 11.4 Å².